The van der Waals surface area contributed by atoms with E-state index >= 15 is 0 Å². The summed E-state index contributed by atoms with van der Waals surface area (Å²) in [5, 5.41) is 4.46. The zero-order valence-electron chi connectivity index (χ0n) is 11.2. The maximum absolute atomic E-state index is 13.2. The third-order valence-corrected chi connectivity index (χ3v) is 3.15. The molecule has 2 rings (SSSR count). The van der Waals surface area contributed by atoms with Crippen LogP contribution in [-0.2, 0) is 7.05 Å². The number of halogens is 1. The summed E-state index contributed by atoms with van der Waals surface area (Å²) in [4.78, 5) is 0. The van der Waals surface area contributed by atoms with Crippen LogP contribution in [0.2, 0.25) is 0 Å². The highest BCUT2D eigenvalue weighted by molar-refractivity contribution is 5.71. The molecule has 0 amide bonds. The molecule has 0 unspecified atom stereocenters. The number of aryl methyl sites for hydroxylation is 2. The molecular weight excluding hydrogens is 229 g/mol. The lowest BCUT2D eigenvalue weighted by atomic mass is 9.96. The van der Waals surface area contributed by atoms with Gasteiger partial charge in [0, 0.05) is 18.2 Å². The van der Waals surface area contributed by atoms with Crippen molar-refractivity contribution in [2.75, 3.05) is 5.73 Å². The van der Waals surface area contributed by atoms with Gasteiger partial charge in [0.25, 0.3) is 0 Å². The first-order chi connectivity index (χ1) is 8.41. The van der Waals surface area contributed by atoms with Gasteiger partial charge >= 0.3 is 0 Å². The minimum absolute atomic E-state index is 0.230. The number of hydrogen-bond acceptors (Lipinski definition) is 2. The third-order valence-electron chi connectivity index (χ3n) is 3.15. The molecule has 0 aliphatic heterocycles. The molecule has 0 saturated heterocycles. The fourth-order valence-electron chi connectivity index (χ4n) is 2.21. The van der Waals surface area contributed by atoms with E-state index in [1.54, 1.807) is 10.7 Å². The van der Waals surface area contributed by atoms with Crippen molar-refractivity contribution in [2.45, 2.75) is 26.7 Å². The van der Waals surface area contributed by atoms with Crippen LogP contribution in [0.3, 0.4) is 0 Å². The van der Waals surface area contributed by atoms with E-state index in [0.717, 1.165) is 22.4 Å². The van der Waals surface area contributed by atoms with Gasteiger partial charge in [0.1, 0.15) is 11.6 Å². The molecule has 0 radical (unpaired) electrons. The minimum Gasteiger partial charge on any atom is -0.384 e. The molecule has 0 aliphatic rings. The molecule has 96 valence electrons. The fourth-order valence-corrected chi connectivity index (χ4v) is 2.21. The van der Waals surface area contributed by atoms with Gasteiger partial charge in [-0.05, 0) is 36.6 Å². The van der Waals surface area contributed by atoms with Gasteiger partial charge in [0.15, 0.2) is 0 Å². The van der Waals surface area contributed by atoms with Crippen LogP contribution in [0, 0.1) is 12.7 Å². The first-order valence-electron chi connectivity index (χ1n) is 6.00. The van der Waals surface area contributed by atoms with Crippen molar-refractivity contribution in [1.82, 2.24) is 9.78 Å². The summed E-state index contributed by atoms with van der Waals surface area (Å²) in [5.74, 6) is 0.716. The van der Waals surface area contributed by atoms with Gasteiger partial charge in [0.05, 0.1) is 5.69 Å². The smallest absolute Gasteiger partial charge is 0.125 e. The van der Waals surface area contributed by atoms with E-state index in [1.165, 1.54) is 12.1 Å². The van der Waals surface area contributed by atoms with Crippen molar-refractivity contribution in [2.24, 2.45) is 7.05 Å². The molecule has 3 nitrogen and oxygen atoms in total. The predicted molar refractivity (Wildman–Crippen MR) is 71.8 cm³/mol. The number of nitrogens with zero attached hydrogens (tertiary/aromatic N) is 2. The molecule has 0 bridgehead atoms. The second-order valence-electron chi connectivity index (χ2n) is 4.89. The van der Waals surface area contributed by atoms with Crippen LogP contribution in [0.15, 0.2) is 18.2 Å². The number of nitrogen functional groups attached to an aromatic ring is 1. The zero-order chi connectivity index (χ0) is 13.4. The lowest BCUT2D eigenvalue weighted by Gasteiger charge is -2.09. The number of rotatable bonds is 2. The summed E-state index contributed by atoms with van der Waals surface area (Å²) in [6.07, 6.45) is 0. The average molecular weight is 247 g/mol. The van der Waals surface area contributed by atoms with E-state index in [-0.39, 0.29) is 11.7 Å². The van der Waals surface area contributed by atoms with Crippen molar-refractivity contribution in [1.29, 1.82) is 0 Å². The summed E-state index contributed by atoms with van der Waals surface area (Å²) in [6, 6.07) is 4.74. The third kappa shape index (κ3) is 1.98. The summed E-state index contributed by atoms with van der Waals surface area (Å²) >= 11 is 0. The Bertz CT molecular complexity index is 585. The Hall–Kier alpha value is -1.84. The van der Waals surface area contributed by atoms with E-state index in [9.17, 15) is 4.39 Å². The number of nitrogens with two attached hydrogens (primary N) is 1. The van der Waals surface area contributed by atoms with Crippen molar-refractivity contribution in [3.8, 4) is 11.3 Å². The van der Waals surface area contributed by atoms with Crippen molar-refractivity contribution in [3.63, 3.8) is 0 Å². The highest BCUT2D eigenvalue weighted by Gasteiger charge is 2.19. The van der Waals surface area contributed by atoms with E-state index in [4.69, 9.17) is 5.73 Å². The van der Waals surface area contributed by atoms with E-state index in [1.807, 2.05) is 14.0 Å². The van der Waals surface area contributed by atoms with Gasteiger partial charge in [-0.25, -0.2) is 4.39 Å². The largest absolute Gasteiger partial charge is 0.384 e. The maximum atomic E-state index is 13.2. The number of benzene rings is 1. The van der Waals surface area contributed by atoms with Crippen molar-refractivity contribution in [3.05, 3.63) is 35.1 Å². The first-order valence-corrected chi connectivity index (χ1v) is 6.00. The Morgan fingerprint density at radius 1 is 1.33 bits per heavy atom. The topological polar surface area (TPSA) is 43.8 Å². The Morgan fingerprint density at radius 3 is 2.56 bits per heavy atom. The summed E-state index contributed by atoms with van der Waals surface area (Å²) in [5.41, 5.74) is 9.73. The predicted octanol–water partition coefficient (Wildman–Crippen LogP) is 3.24. The van der Waals surface area contributed by atoms with Crippen LogP contribution >= 0.6 is 0 Å². The van der Waals surface area contributed by atoms with Crippen molar-refractivity contribution < 1.29 is 4.39 Å². The summed E-state index contributed by atoms with van der Waals surface area (Å²) < 4.78 is 14.8. The second-order valence-corrected chi connectivity index (χ2v) is 4.89. The number of hydrogen-bond donors (Lipinski definition) is 1. The molecule has 0 saturated carbocycles. The van der Waals surface area contributed by atoms with Crippen LogP contribution in [0.25, 0.3) is 11.3 Å². The Balaban J connectivity index is 2.67. The summed E-state index contributed by atoms with van der Waals surface area (Å²) in [7, 11) is 1.82. The van der Waals surface area contributed by atoms with Crippen LogP contribution < -0.4 is 5.73 Å². The molecule has 1 aromatic carbocycles. The van der Waals surface area contributed by atoms with Crippen LogP contribution in [0.4, 0.5) is 10.2 Å². The van der Waals surface area contributed by atoms with E-state index < -0.39 is 0 Å². The Kier molecular flexibility index (Phi) is 3.11. The quantitative estimate of drug-likeness (QED) is 0.885. The number of anilines is 1. The highest BCUT2D eigenvalue weighted by Crippen LogP contribution is 2.34. The van der Waals surface area contributed by atoms with Gasteiger partial charge in [0.2, 0.25) is 0 Å². The van der Waals surface area contributed by atoms with E-state index in [0.29, 0.717) is 5.82 Å². The normalized spacial score (nSPS) is 11.2. The monoisotopic (exact) mass is 247 g/mol. The maximum Gasteiger partial charge on any atom is 0.125 e. The molecule has 0 fully saturated rings. The van der Waals surface area contributed by atoms with Gasteiger partial charge in [-0.15, -0.1) is 0 Å². The molecule has 2 aromatic rings. The molecular formula is C14H18FN3. The van der Waals surface area contributed by atoms with Crippen LogP contribution in [0.5, 0.6) is 0 Å². The fraction of sp³-hybridized carbons (Fsp3) is 0.357. The molecule has 1 heterocycles. The molecule has 4 heteroatoms. The van der Waals surface area contributed by atoms with Gasteiger partial charge in [-0.1, -0.05) is 13.8 Å². The molecule has 18 heavy (non-hydrogen) atoms. The molecule has 0 atom stereocenters. The molecule has 0 spiro atoms. The Labute approximate surface area is 106 Å². The molecule has 2 N–H and O–H groups in total. The lowest BCUT2D eigenvalue weighted by molar-refractivity contribution is 0.627. The van der Waals surface area contributed by atoms with Crippen LogP contribution in [0.1, 0.15) is 30.9 Å². The van der Waals surface area contributed by atoms with Gasteiger partial charge in [-0.3, -0.25) is 4.68 Å². The van der Waals surface area contributed by atoms with E-state index in [2.05, 4.69) is 18.9 Å². The lowest BCUT2D eigenvalue weighted by Crippen LogP contribution is -2.00. The molecule has 0 aliphatic carbocycles. The van der Waals surface area contributed by atoms with Crippen LogP contribution in [-0.4, -0.2) is 9.78 Å². The number of aromatic nitrogens is 2. The highest BCUT2D eigenvalue weighted by atomic mass is 19.1. The zero-order valence-corrected chi connectivity index (χ0v) is 11.2. The Morgan fingerprint density at radius 2 is 2.00 bits per heavy atom. The molecule has 1 aromatic heterocycles. The van der Waals surface area contributed by atoms with Gasteiger partial charge in [-0.2, -0.15) is 5.10 Å². The average Bonchev–Trinajstić information content (AvgIpc) is 2.55. The standard InChI is InChI=1S/C14H18FN3/c1-8(2)12-13(17-18(4)14(12)16)11-6-5-10(15)7-9(11)3/h5-8H,16H2,1-4H3. The summed E-state index contributed by atoms with van der Waals surface area (Å²) in [6.45, 7) is 6.04. The first kappa shape index (κ1) is 12.6. The minimum atomic E-state index is -0.230. The van der Waals surface area contributed by atoms with Gasteiger partial charge < -0.3 is 5.73 Å². The SMILES string of the molecule is Cc1cc(F)ccc1-c1nn(C)c(N)c1C(C)C. The van der Waals surface area contributed by atoms with Crippen molar-refractivity contribution >= 4 is 5.82 Å². The second kappa shape index (κ2) is 4.44.